The van der Waals surface area contributed by atoms with Crippen molar-refractivity contribution in [3.8, 4) is 0 Å². The average Bonchev–Trinajstić information content (AvgIpc) is 2.87. The maximum Gasteiger partial charge on any atom is 0.129 e. The Kier molecular flexibility index (Phi) is 3.53. The lowest BCUT2D eigenvalue weighted by Crippen LogP contribution is -2.24. The molecule has 0 amide bonds. The van der Waals surface area contributed by atoms with Crippen molar-refractivity contribution in [2.75, 3.05) is 0 Å². The second-order valence-electron chi connectivity index (χ2n) is 5.41. The van der Waals surface area contributed by atoms with Gasteiger partial charge >= 0.3 is 0 Å². The zero-order valence-electron chi connectivity index (χ0n) is 11.0. The number of rotatable bonds is 3. The lowest BCUT2D eigenvalue weighted by Gasteiger charge is -2.18. The van der Waals surface area contributed by atoms with Gasteiger partial charge in [-0.2, -0.15) is 0 Å². The predicted molar refractivity (Wildman–Crippen MR) is 73.4 cm³/mol. The molecule has 104 valence electrons. The molecule has 2 aromatic carbocycles. The van der Waals surface area contributed by atoms with Gasteiger partial charge < -0.3 is 5.11 Å². The molecule has 0 heterocycles. The average molecular weight is 274 g/mol. The van der Waals surface area contributed by atoms with Crippen LogP contribution in [0, 0.1) is 17.6 Å². The van der Waals surface area contributed by atoms with Crippen LogP contribution in [0.3, 0.4) is 0 Å². The van der Waals surface area contributed by atoms with Gasteiger partial charge in [0, 0.05) is 12.0 Å². The van der Waals surface area contributed by atoms with Gasteiger partial charge in [0.2, 0.25) is 0 Å². The third kappa shape index (κ3) is 2.46. The van der Waals surface area contributed by atoms with Gasteiger partial charge in [-0.1, -0.05) is 30.3 Å². The van der Waals surface area contributed by atoms with Crippen LogP contribution in [0.25, 0.3) is 0 Å². The summed E-state index contributed by atoms with van der Waals surface area (Å²) in [6.45, 7) is 0. The van der Waals surface area contributed by atoms with E-state index in [1.165, 1.54) is 29.3 Å². The number of aliphatic hydroxyl groups excluding tert-OH is 1. The third-order valence-electron chi connectivity index (χ3n) is 4.10. The molecule has 0 saturated carbocycles. The first-order valence-corrected chi connectivity index (χ1v) is 6.83. The van der Waals surface area contributed by atoms with Crippen molar-refractivity contribution in [3.63, 3.8) is 0 Å². The maximum atomic E-state index is 13.6. The molecule has 20 heavy (non-hydrogen) atoms. The highest BCUT2D eigenvalue weighted by Gasteiger charge is 2.28. The molecule has 3 heteroatoms. The fraction of sp³-hybridized carbons (Fsp3) is 0.294. The number of halogens is 2. The highest BCUT2D eigenvalue weighted by atomic mass is 19.1. The van der Waals surface area contributed by atoms with Crippen molar-refractivity contribution < 1.29 is 13.9 Å². The molecule has 1 unspecified atom stereocenters. The van der Waals surface area contributed by atoms with Gasteiger partial charge in [0.25, 0.3) is 0 Å². The molecular formula is C17H16F2O. The smallest absolute Gasteiger partial charge is 0.129 e. The van der Waals surface area contributed by atoms with E-state index in [0.29, 0.717) is 0 Å². The number of aliphatic hydroxyl groups is 1. The molecule has 0 fully saturated rings. The first-order valence-electron chi connectivity index (χ1n) is 6.83. The van der Waals surface area contributed by atoms with Crippen LogP contribution in [0.4, 0.5) is 8.78 Å². The fourth-order valence-corrected chi connectivity index (χ4v) is 2.97. The normalized spacial score (nSPS) is 16.1. The second kappa shape index (κ2) is 5.33. The van der Waals surface area contributed by atoms with E-state index in [1.54, 1.807) is 0 Å². The van der Waals surface area contributed by atoms with E-state index in [4.69, 9.17) is 0 Å². The van der Waals surface area contributed by atoms with Crippen molar-refractivity contribution in [3.05, 3.63) is 70.8 Å². The second-order valence-corrected chi connectivity index (χ2v) is 5.41. The Balaban J connectivity index is 1.74. The van der Waals surface area contributed by atoms with Crippen LogP contribution >= 0.6 is 0 Å². The largest absolute Gasteiger partial charge is 0.392 e. The van der Waals surface area contributed by atoms with Gasteiger partial charge in [-0.25, -0.2) is 8.78 Å². The molecule has 1 nitrogen and oxygen atoms in total. The van der Waals surface area contributed by atoms with Crippen LogP contribution in [0.1, 0.15) is 16.7 Å². The Labute approximate surface area is 116 Å². The summed E-state index contributed by atoms with van der Waals surface area (Å²) in [4.78, 5) is 0. The van der Waals surface area contributed by atoms with Gasteiger partial charge in [0.1, 0.15) is 11.6 Å². The molecule has 3 rings (SSSR count). The summed E-state index contributed by atoms with van der Waals surface area (Å²) >= 11 is 0. The van der Waals surface area contributed by atoms with E-state index in [0.717, 1.165) is 12.8 Å². The number of benzene rings is 2. The predicted octanol–water partition coefficient (Wildman–Crippen LogP) is 3.28. The molecule has 1 aliphatic rings. The summed E-state index contributed by atoms with van der Waals surface area (Å²) in [7, 11) is 0. The zero-order valence-corrected chi connectivity index (χ0v) is 11.0. The van der Waals surface area contributed by atoms with Crippen LogP contribution < -0.4 is 0 Å². The summed E-state index contributed by atoms with van der Waals surface area (Å²) in [5.41, 5.74) is 2.44. The van der Waals surface area contributed by atoms with Crippen LogP contribution in [-0.2, 0) is 19.3 Å². The Morgan fingerprint density at radius 2 is 1.50 bits per heavy atom. The van der Waals surface area contributed by atoms with Gasteiger partial charge in [-0.05, 0) is 42.0 Å². The maximum absolute atomic E-state index is 13.6. The van der Waals surface area contributed by atoms with Gasteiger partial charge in [0.15, 0.2) is 0 Å². The molecule has 0 aliphatic heterocycles. The van der Waals surface area contributed by atoms with E-state index in [9.17, 15) is 13.9 Å². The molecule has 2 aromatic rings. The van der Waals surface area contributed by atoms with E-state index < -0.39 is 17.7 Å². The van der Waals surface area contributed by atoms with Crippen molar-refractivity contribution in [1.29, 1.82) is 0 Å². The van der Waals surface area contributed by atoms with Gasteiger partial charge in [-0.3, -0.25) is 0 Å². The summed E-state index contributed by atoms with van der Waals surface area (Å²) in [6.07, 6.45) is 0.839. The van der Waals surface area contributed by atoms with Crippen molar-refractivity contribution in [2.45, 2.75) is 25.4 Å². The summed E-state index contributed by atoms with van der Waals surface area (Å²) in [6, 6.07) is 11.8. The third-order valence-corrected chi connectivity index (χ3v) is 4.10. The minimum absolute atomic E-state index is 0.0176. The molecule has 0 saturated heterocycles. The molecule has 0 aromatic heterocycles. The van der Waals surface area contributed by atoms with Gasteiger partial charge in [0.05, 0.1) is 6.10 Å². The minimum atomic E-state index is -0.728. The van der Waals surface area contributed by atoms with E-state index in [-0.39, 0.29) is 17.9 Å². The molecule has 1 aliphatic carbocycles. The monoisotopic (exact) mass is 274 g/mol. The Morgan fingerprint density at radius 1 is 0.950 bits per heavy atom. The molecule has 0 bridgehead atoms. The highest BCUT2D eigenvalue weighted by Crippen LogP contribution is 2.30. The number of hydrogen-bond donors (Lipinski definition) is 1. The lowest BCUT2D eigenvalue weighted by atomic mass is 9.93. The van der Waals surface area contributed by atoms with Crippen LogP contribution in [-0.4, -0.2) is 11.2 Å². The summed E-state index contributed by atoms with van der Waals surface area (Å²) in [5.74, 6) is -1.13. The van der Waals surface area contributed by atoms with Gasteiger partial charge in [-0.15, -0.1) is 0 Å². The van der Waals surface area contributed by atoms with Crippen molar-refractivity contribution in [1.82, 2.24) is 0 Å². The summed E-state index contributed by atoms with van der Waals surface area (Å²) in [5, 5.41) is 10.3. The fourth-order valence-electron chi connectivity index (χ4n) is 2.97. The molecule has 0 radical (unpaired) electrons. The Bertz CT molecular complexity index is 579. The number of fused-ring (bicyclic) bond motifs is 1. The van der Waals surface area contributed by atoms with E-state index in [2.05, 4.69) is 0 Å². The first kappa shape index (κ1) is 13.3. The minimum Gasteiger partial charge on any atom is -0.392 e. The van der Waals surface area contributed by atoms with E-state index >= 15 is 0 Å². The van der Waals surface area contributed by atoms with Crippen LogP contribution in [0.2, 0.25) is 0 Å². The highest BCUT2D eigenvalue weighted by molar-refractivity contribution is 5.33. The SMILES string of the molecule is OC(Cc1c(F)cccc1F)C1Cc2ccccc2C1. The summed E-state index contributed by atoms with van der Waals surface area (Å²) < 4.78 is 27.2. The zero-order chi connectivity index (χ0) is 14.1. The lowest BCUT2D eigenvalue weighted by molar-refractivity contribution is 0.111. The molecule has 0 spiro atoms. The molecule has 1 N–H and O–H groups in total. The van der Waals surface area contributed by atoms with E-state index in [1.807, 2.05) is 24.3 Å². The Morgan fingerprint density at radius 3 is 2.05 bits per heavy atom. The van der Waals surface area contributed by atoms with Crippen LogP contribution in [0.15, 0.2) is 42.5 Å². The number of hydrogen-bond acceptors (Lipinski definition) is 1. The molecular weight excluding hydrogens is 258 g/mol. The first-order chi connectivity index (χ1) is 9.65. The van der Waals surface area contributed by atoms with Crippen molar-refractivity contribution >= 4 is 0 Å². The van der Waals surface area contributed by atoms with Crippen LogP contribution in [0.5, 0.6) is 0 Å². The Hall–Kier alpha value is -1.74. The molecule has 1 atom stereocenters. The quantitative estimate of drug-likeness (QED) is 0.910. The standard InChI is InChI=1S/C17H16F2O/c18-15-6-3-7-16(19)14(15)10-17(20)13-8-11-4-1-2-5-12(11)9-13/h1-7,13,17,20H,8-10H2. The van der Waals surface area contributed by atoms with Crippen molar-refractivity contribution in [2.24, 2.45) is 5.92 Å². The topological polar surface area (TPSA) is 20.2 Å².